The molecule has 0 aliphatic heterocycles. The number of aromatic nitrogens is 3. The fourth-order valence-electron chi connectivity index (χ4n) is 1.07. The Morgan fingerprint density at radius 3 is 2.93 bits per heavy atom. The van der Waals surface area contributed by atoms with Gasteiger partial charge in [0.25, 0.3) is 0 Å². The highest BCUT2D eigenvalue weighted by molar-refractivity contribution is 9.10. The molecule has 2 aromatic rings. The Morgan fingerprint density at radius 2 is 2.36 bits per heavy atom. The standard InChI is InChI=1S/C8H7Br2N3S/c9-2-7-3-13(12-11-7)4-8-1-6(10)5-14-8/h1,3,5H,2,4H2. The molecule has 0 spiro atoms. The second-order valence-corrected chi connectivity index (χ2v) is 5.24. The van der Waals surface area contributed by atoms with Crippen LogP contribution in [0.25, 0.3) is 0 Å². The van der Waals surface area contributed by atoms with Gasteiger partial charge in [0.2, 0.25) is 0 Å². The smallest absolute Gasteiger partial charge is 0.0932 e. The van der Waals surface area contributed by atoms with Gasteiger partial charge in [-0.2, -0.15) is 0 Å². The molecule has 74 valence electrons. The highest BCUT2D eigenvalue weighted by Gasteiger charge is 2.02. The van der Waals surface area contributed by atoms with Crippen molar-refractivity contribution < 1.29 is 0 Å². The van der Waals surface area contributed by atoms with Gasteiger partial charge < -0.3 is 0 Å². The molecule has 3 nitrogen and oxygen atoms in total. The van der Waals surface area contributed by atoms with Crippen LogP contribution in [0.2, 0.25) is 0 Å². The number of hydrogen-bond acceptors (Lipinski definition) is 3. The molecule has 0 saturated heterocycles. The van der Waals surface area contributed by atoms with E-state index in [1.165, 1.54) is 4.88 Å². The minimum Gasteiger partial charge on any atom is -0.247 e. The zero-order valence-corrected chi connectivity index (χ0v) is 11.1. The average molecular weight is 337 g/mol. The first-order valence-corrected chi connectivity index (χ1v) is 6.75. The summed E-state index contributed by atoms with van der Waals surface area (Å²) in [7, 11) is 0. The van der Waals surface area contributed by atoms with E-state index >= 15 is 0 Å². The van der Waals surface area contributed by atoms with Crippen molar-refractivity contribution in [1.82, 2.24) is 15.0 Å². The minimum absolute atomic E-state index is 0.751. The summed E-state index contributed by atoms with van der Waals surface area (Å²) in [5.74, 6) is 0. The monoisotopic (exact) mass is 335 g/mol. The Morgan fingerprint density at radius 1 is 1.50 bits per heavy atom. The third-order valence-corrected chi connectivity index (χ3v) is 3.92. The Labute approximate surface area is 102 Å². The van der Waals surface area contributed by atoms with Gasteiger partial charge in [-0.15, -0.1) is 16.4 Å². The van der Waals surface area contributed by atoms with Crippen LogP contribution < -0.4 is 0 Å². The Balaban J connectivity index is 2.10. The first kappa shape index (κ1) is 10.3. The van der Waals surface area contributed by atoms with E-state index in [9.17, 15) is 0 Å². The molecule has 0 unspecified atom stereocenters. The molecule has 2 aromatic heterocycles. The minimum atomic E-state index is 0.751. The quantitative estimate of drug-likeness (QED) is 0.806. The van der Waals surface area contributed by atoms with Gasteiger partial charge in [0, 0.05) is 26.3 Å². The summed E-state index contributed by atoms with van der Waals surface area (Å²) in [6, 6.07) is 2.10. The van der Waals surface area contributed by atoms with Crippen molar-refractivity contribution in [3.63, 3.8) is 0 Å². The van der Waals surface area contributed by atoms with Crippen molar-refractivity contribution in [2.24, 2.45) is 0 Å². The maximum absolute atomic E-state index is 4.02. The molecule has 0 aliphatic rings. The number of thiophene rings is 1. The van der Waals surface area contributed by atoms with Crippen LogP contribution in [0.3, 0.4) is 0 Å². The number of alkyl halides is 1. The summed E-state index contributed by atoms with van der Waals surface area (Å²) in [5, 5.41) is 10.8. The lowest BCUT2D eigenvalue weighted by molar-refractivity contribution is 0.655. The molecule has 2 heterocycles. The number of halogens is 2. The van der Waals surface area contributed by atoms with E-state index in [0.29, 0.717) is 0 Å². The summed E-state index contributed by atoms with van der Waals surface area (Å²) in [6.45, 7) is 0.788. The summed E-state index contributed by atoms with van der Waals surface area (Å²) in [5.41, 5.74) is 0.959. The summed E-state index contributed by atoms with van der Waals surface area (Å²) >= 11 is 8.48. The van der Waals surface area contributed by atoms with E-state index in [0.717, 1.165) is 22.0 Å². The van der Waals surface area contributed by atoms with Crippen LogP contribution in [0.5, 0.6) is 0 Å². The van der Waals surface area contributed by atoms with E-state index in [1.54, 1.807) is 11.3 Å². The molecule has 0 bridgehead atoms. The molecular weight excluding hydrogens is 330 g/mol. The second-order valence-electron chi connectivity index (χ2n) is 2.77. The van der Waals surface area contributed by atoms with Crippen LogP contribution in [0.4, 0.5) is 0 Å². The van der Waals surface area contributed by atoms with Crippen LogP contribution in [0.1, 0.15) is 10.6 Å². The maximum Gasteiger partial charge on any atom is 0.0932 e. The van der Waals surface area contributed by atoms with E-state index in [-0.39, 0.29) is 0 Å². The van der Waals surface area contributed by atoms with Crippen molar-refractivity contribution in [2.45, 2.75) is 11.9 Å². The first-order chi connectivity index (χ1) is 6.78. The molecular formula is C8H7Br2N3S. The summed E-state index contributed by atoms with van der Waals surface area (Å²) < 4.78 is 2.97. The van der Waals surface area contributed by atoms with Crippen LogP contribution in [0, 0.1) is 0 Å². The highest BCUT2D eigenvalue weighted by atomic mass is 79.9. The Hall–Kier alpha value is -0.200. The molecule has 0 atom stereocenters. The van der Waals surface area contributed by atoms with Gasteiger partial charge in [-0.1, -0.05) is 21.1 Å². The molecule has 0 aliphatic carbocycles. The van der Waals surface area contributed by atoms with Gasteiger partial charge >= 0.3 is 0 Å². The summed E-state index contributed by atoms with van der Waals surface area (Å²) in [6.07, 6.45) is 1.95. The third kappa shape index (κ3) is 2.43. The third-order valence-electron chi connectivity index (χ3n) is 1.66. The molecule has 0 amide bonds. The van der Waals surface area contributed by atoms with Crippen LogP contribution >= 0.6 is 43.2 Å². The van der Waals surface area contributed by atoms with Crippen molar-refractivity contribution >= 4 is 43.2 Å². The molecule has 0 radical (unpaired) electrons. The maximum atomic E-state index is 4.02. The van der Waals surface area contributed by atoms with Crippen molar-refractivity contribution in [3.8, 4) is 0 Å². The lowest BCUT2D eigenvalue weighted by atomic mass is 10.4. The fourth-order valence-corrected chi connectivity index (χ4v) is 2.77. The highest BCUT2D eigenvalue weighted by Crippen LogP contribution is 2.20. The number of hydrogen-bond donors (Lipinski definition) is 0. The van der Waals surface area contributed by atoms with Crippen LogP contribution in [-0.2, 0) is 11.9 Å². The molecule has 0 fully saturated rings. The van der Waals surface area contributed by atoms with Gasteiger partial charge in [-0.3, -0.25) is 0 Å². The van der Waals surface area contributed by atoms with Crippen molar-refractivity contribution in [2.75, 3.05) is 0 Å². The number of nitrogens with zero attached hydrogens (tertiary/aromatic N) is 3. The molecule has 0 N–H and O–H groups in total. The van der Waals surface area contributed by atoms with E-state index in [1.807, 2.05) is 10.9 Å². The van der Waals surface area contributed by atoms with Crippen molar-refractivity contribution in [1.29, 1.82) is 0 Å². The normalized spacial score (nSPS) is 10.7. The Bertz CT molecular complexity index is 424. The lowest BCUT2D eigenvalue weighted by Gasteiger charge is -1.94. The van der Waals surface area contributed by atoms with Gasteiger partial charge in [0.1, 0.15) is 0 Å². The molecule has 6 heteroatoms. The van der Waals surface area contributed by atoms with E-state index in [2.05, 4.69) is 53.6 Å². The molecule has 2 rings (SSSR count). The van der Waals surface area contributed by atoms with Gasteiger partial charge in [-0.25, -0.2) is 4.68 Å². The van der Waals surface area contributed by atoms with Crippen LogP contribution in [-0.4, -0.2) is 15.0 Å². The van der Waals surface area contributed by atoms with Gasteiger partial charge in [0.05, 0.1) is 12.2 Å². The molecule has 0 aromatic carbocycles. The SMILES string of the molecule is BrCc1cn(Cc2cc(Br)cs2)nn1. The van der Waals surface area contributed by atoms with Crippen LogP contribution in [0.15, 0.2) is 22.1 Å². The first-order valence-electron chi connectivity index (χ1n) is 3.96. The topological polar surface area (TPSA) is 30.7 Å². The zero-order chi connectivity index (χ0) is 9.97. The zero-order valence-electron chi connectivity index (χ0n) is 7.15. The van der Waals surface area contributed by atoms with Gasteiger partial charge in [-0.05, 0) is 22.0 Å². The van der Waals surface area contributed by atoms with E-state index < -0.39 is 0 Å². The fraction of sp³-hybridized carbons (Fsp3) is 0.250. The predicted molar refractivity (Wildman–Crippen MR) is 63.8 cm³/mol. The predicted octanol–water partition coefficient (Wildman–Crippen LogP) is 3.05. The molecule has 14 heavy (non-hydrogen) atoms. The van der Waals surface area contributed by atoms with Crippen molar-refractivity contribution in [3.05, 3.63) is 32.7 Å². The largest absolute Gasteiger partial charge is 0.247 e. The van der Waals surface area contributed by atoms with E-state index in [4.69, 9.17) is 0 Å². The van der Waals surface area contributed by atoms with Gasteiger partial charge in [0.15, 0.2) is 0 Å². The lowest BCUT2D eigenvalue weighted by Crippen LogP contribution is -1.98. The number of rotatable bonds is 3. The Kier molecular flexibility index (Phi) is 3.35. The molecule has 0 saturated carbocycles. The summed E-state index contributed by atoms with van der Waals surface area (Å²) in [4.78, 5) is 1.27. The second kappa shape index (κ2) is 4.55. The average Bonchev–Trinajstić information content (AvgIpc) is 2.76.